The van der Waals surface area contributed by atoms with E-state index in [1.807, 2.05) is 57.2 Å². The van der Waals surface area contributed by atoms with Crippen molar-refractivity contribution in [2.75, 3.05) is 11.9 Å². The lowest BCUT2D eigenvalue weighted by Gasteiger charge is -2.11. The highest BCUT2D eigenvalue weighted by Crippen LogP contribution is 2.22. The molecule has 4 heteroatoms. The van der Waals surface area contributed by atoms with E-state index in [1.165, 1.54) is 0 Å². The fraction of sp³-hybridized carbons (Fsp3) is 0.235. The molecule has 0 saturated heterocycles. The molecule has 2 aromatic rings. The van der Waals surface area contributed by atoms with Crippen molar-refractivity contribution >= 4 is 27.5 Å². The van der Waals surface area contributed by atoms with E-state index < -0.39 is 0 Å². The minimum Gasteiger partial charge on any atom is -0.484 e. The van der Waals surface area contributed by atoms with Crippen molar-refractivity contribution in [1.82, 2.24) is 0 Å². The number of rotatable bonds is 4. The molecule has 0 aliphatic carbocycles. The maximum Gasteiger partial charge on any atom is 0.262 e. The van der Waals surface area contributed by atoms with E-state index in [0.29, 0.717) is 5.75 Å². The number of amides is 1. The highest BCUT2D eigenvalue weighted by Gasteiger charge is 2.07. The lowest BCUT2D eigenvalue weighted by atomic mass is 10.1. The van der Waals surface area contributed by atoms with Gasteiger partial charge in [-0.05, 0) is 61.7 Å². The number of hydrogen-bond acceptors (Lipinski definition) is 2. The van der Waals surface area contributed by atoms with Gasteiger partial charge < -0.3 is 10.1 Å². The zero-order chi connectivity index (χ0) is 15.4. The summed E-state index contributed by atoms with van der Waals surface area (Å²) in [5, 5.41) is 2.87. The summed E-state index contributed by atoms with van der Waals surface area (Å²) in [7, 11) is 0. The summed E-state index contributed by atoms with van der Waals surface area (Å²) in [6, 6.07) is 11.5. The fourth-order valence-corrected chi connectivity index (χ4v) is 2.18. The third kappa shape index (κ3) is 4.08. The number of benzene rings is 2. The highest BCUT2D eigenvalue weighted by atomic mass is 79.9. The molecular weight excluding hydrogens is 330 g/mol. The molecule has 0 bridgehead atoms. The molecule has 2 aromatic carbocycles. The summed E-state index contributed by atoms with van der Waals surface area (Å²) in [6.45, 7) is 5.98. The maximum absolute atomic E-state index is 12.0. The van der Waals surface area contributed by atoms with E-state index in [0.717, 1.165) is 26.9 Å². The first-order valence-corrected chi connectivity index (χ1v) is 7.51. The second-order valence-electron chi connectivity index (χ2n) is 5.00. The topological polar surface area (TPSA) is 38.3 Å². The molecule has 1 amide bonds. The van der Waals surface area contributed by atoms with Crippen LogP contribution in [0.25, 0.3) is 0 Å². The Balaban J connectivity index is 1.96. The van der Waals surface area contributed by atoms with Gasteiger partial charge >= 0.3 is 0 Å². The van der Waals surface area contributed by atoms with Gasteiger partial charge in [0.25, 0.3) is 5.91 Å². The van der Waals surface area contributed by atoms with Gasteiger partial charge in [-0.3, -0.25) is 4.79 Å². The SMILES string of the molecule is Cc1cc(OCC(=O)Nc2cccc(C)c2C)ccc1Br. The molecule has 21 heavy (non-hydrogen) atoms. The van der Waals surface area contributed by atoms with Crippen LogP contribution in [0, 0.1) is 20.8 Å². The zero-order valence-corrected chi connectivity index (χ0v) is 14.0. The number of nitrogens with one attached hydrogen (secondary N) is 1. The molecule has 0 fully saturated rings. The van der Waals surface area contributed by atoms with Gasteiger partial charge in [-0.15, -0.1) is 0 Å². The number of carbonyl (C=O) groups is 1. The molecular formula is C17H18BrNO2. The van der Waals surface area contributed by atoms with Crippen molar-refractivity contribution < 1.29 is 9.53 Å². The lowest BCUT2D eigenvalue weighted by molar-refractivity contribution is -0.118. The van der Waals surface area contributed by atoms with Crippen LogP contribution in [0.4, 0.5) is 5.69 Å². The minimum atomic E-state index is -0.163. The Hall–Kier alpha value is -1.81. The van der Waals surface area contributed by atoms with Crippen molar-refractivity contribution in [1.29, 1.82) is 0 Å². The summed E-state index contributed by atoms with van der Waals surface area (Å²) >= 11 is 3.43. The number of halogens is 1. The van der Waals surface area contributed by atoms with Crippen LogP contribution in [0.1, 0.15) is 16.7 Å². The van der Waals surface area contributed by atoms with Gasteiger partial charge in [0, 0.05) is 10.2 Å². The molecule has 0 aromatic heterocycles. The molecule has 0 spiro atoms. The normalized spacial score (nSPS) is 10.3. The van der Waals surface area contributed by atoms with Gasteiger partial charge in [-0.25, -0.2) is 0 Å². The van der Waals surface area contributed by atoms with Crippen molar-refractivity contribution in [3.8, 4) is 5.75 Å². The number of anilines is 1. The number of aryl methyl sites for hydroxylation is 2. The van der Waals surface area contributed by atoms with Crippen LogP contribution < -0.4 is 10.1 Å². The quantitative estimate of drug-likeness (QED) is 0.890. The standard InChI is InChI=1S/C17H18BrNO2/c1-11-5-4-6-16(13(11)3)19-17(20)10-21-14-7-8-15(18)12(2)9-14/h4-9H,10H2,1-3H3,(H,19,20). The highest BCUT2D eigenvalue weighted by molar-refractivity contribution is 9.10. The summed E-state index contributed by atoms with van der Waals surface area (Å²) in [5.74, 6) is 0.524. The van der Waals surface area contributed by atoms with Crippen LogP contribution >= 0.6 is 15.9 Å². The van der Waals surface area contributed by atoms with Crippen molar-refractivity contribution in [3.05, 3.63) is 57.6 Å². The third-order valence-electron chi connectivity index (χ3n) is 3.38. The Morgan fingerprint density at radius 2 is 1.90 bits per heavy atom. The van der Waals surface area contributed by atoms with Crippen molar-refractivity contribution in [2.45, 2.75) is 20.8 Å². The van der Waals surface area contributed by atoms with Crippen LogP contribution in [0.15, 0.2) is 40.9 Å². The van der Waals surface area contributed by atoms with Crippen LogP contribution in [0.2, 0.25) is 0 Å². The summed E-state index contributed by atoms with van der Waals surface area (Å²) < 4.78 is 6.54. The lowest BCUT2D eigenvalue weighted by Crippen LogP contribution is -2.20. The van der Waals surface area contributed by atoms with E-state index in [2.05, 4.69) is 21.2 Å². The van der Waals surface area contributed by atoms with Crippen LogP contribution in [-0.2, 0) is 4.79 Å². The summed E-state index contributed by atoms with van der Waals surface area (Å²) in [5.41, 5.74) is 4.13. The first-order chi connectivity index (χ1) is 9.97. The first-order valence-electron chi connectivity index (χ1n) is 6.72. The molecule has 0 aliphatic rings. The molecule has 0 unspecified atom stereocenters. The molecule has 2 rings (SSSR count). The van der Waals surface area contributed by atoms with Crippen LogP contribution in [-0.4, -0.2) is 12.5 Å². The minimum absolute atomic E-state index is 0.00550. The largest absolute Gasteiger partial charge is 0.484 e. The second kappa shape index (κ2) is 6.76. The molecule has 110 valence electrons. The van der Waals surface area contributed by atoms with Gasteiger partial charge in [0.1, 0.15) is 5.75 Å². The van der Waals surface area contributed by atoms with Gasteiger partial charge in [-0.2, -0.15) is 0 Å². The van der Waals surface area contributed by atoms with E-state index in [9.17, 15) is 4.79 Å². The monoisotopic (exact) mass is 347 g/mol. The van der Waals surface area contributed by atoms with Crippen molar-refractivity contribution in [3.63, 3.8) is 0 Å². The Bertz CT molecular complexity index is 668. The summed E-state index contributed by atoms with van der Waals surface area (Å²) in [4.78, 5) is 12.0. The maximum atomic E-state index is 12.0. The van der Waals surface area contributed by atoms with E-state index >= 15 is 0 Å². The van der Waals surface area contributed by atoms with Crippen molar-refractivity contribution in [2.24, 2.45) is 0 Å². The number of carbonyl (C=O) groups excluding carboxylic acids is 1. The number of hydrogen-bond donors (Lipinski definition) is 1. The van der Waals surface area contributed by atoms with Crippen LogP contribution in [0.5, 0.6) is 5.75 Å². The number of ether oxygens (including phenoxy) is 1. The Labute approximate surface area is 133 Å². The summed E-state index contributed by atoms with van der Waals surface area (Å²) in [6.07, 6.45) is 0. The Morgan fingerprint density at radius 1 is 1.14 bits per heavy atom. The molecule has 0 saturated carbocycles. The average Bonchev–Trinajstić information content (AvgIpc) is 2.45. The molecule has 0 aliphatic heterocycles. The molecule has 1 N–H and O–H groups in total. The molecule has 3 nitrogen and oxygen atoms in total. The van der Waals surface area contributed by atoms with E-state index in [-0.39, 0.29) is 12.5 Å². The third-order valence-corrected chi connectivity index (χ3v) is 4.27. The molecule has 0 radical (unpaired) electrons. The van der Waals surface area contributed by atoms with Gasteiger partial charge in [0.15, 0.2) is 6.61 Å². The van der Waals surface area contributed by atoms with E-state index in [1.54, 1.807) is 0 Å². The molecule has 0 heterocycles. The predicted octanol–water partition coefficient (Wildman–Crippen LogP) is 4.39. The predicted molar refractivity (Wildman–Crippen MR) is 88.9 cm³/mol. The average molecular weight is 348 g/mol. The Morgan fingerprint density at radius 3 is 2.62 bits per heavy atom. The van der Waals surface area contributed by atoms with Gasteiger partial charge in [0.05, 0.1) is 0 Å². The fourth-order valence-electron chi connectivity index (χ4n) is 1.93. The second-order valence-corrected chi connectivity index (χ2v) is 5.85. The molecule has 0 atom stereocenters. The Kier molecular flexibility index (Phi) is 5.02. The van der Waals surface area contributed by atoms with Crippen LogP contribution in [0.3, 0.4) is 0 Å². The van der Waals surface area contributed by atoms with Gasteiger partial charge in [-0.1, -0.05) is 28.1 Å². The van der Waals surface area contributed by atoms with E-state index in [4.69, 9.17) is 4.74 Å². The zero-order valence-electron chi connectivity index (χ0n) is 12.4. The first kappa shape index (κ1) is 15.6. The van der Waals surface area contributed by atoms with Gasteiger partial charge in [0.2, 0.25) is 0 Å². The smallest absolute Gasteiger partial charge is 0.262 e.